The predicted octanol–water partition coefficient (Wildman–Crippen LogP) is 1.99. The highest BCUT2D eigenvalue weighted by Crippen LogP contribution is 2.16. The second-order valence-corrected chi connectivity index (χ2v) is 3.72. The van der Waals surface area contributed by atoms with Gasteiger partial charge in [0, 0.05) is 12.3 Å². The van der Waals surface area contributed by atoms with Gasteiger partial charge in [0.1, 0.15) is 18.2 Å². The summed E-state index contributed by atoms with van der Waals surface area (Å²) in [4.78, 5) is 8.13. The minimum Gasteiger partial charge on any atom is -0.486 e. The lowest BCUT2D eigenvalue weighted by Gasteiger charge is -2.06. The number of hydrogen-bond donors (Lipinski definition) is 2. The first-order chi connectivity index (χ1) is 8.28. The molecule has 2 heterocycles. The maximum absolute atomic E-state index is 5.79. The Morgan fingerprint density at radius 1 is 1.35 bits per heavy atom. The summed E-state index contributed by atoms with van der Waals surface area (Å²) in [6, 6.07) is 7.15. The Balaban J connectivity index is 2.02. The van der Waals surface area contributed by atoms with Crippen LogP contribution in [0.1, 0.15) is 5.69 Å². The standard InChI is InChI=1S/C11H11ClN4O/c12-8-4-10(6-14-5-8)17-7-9-2-1-3-11(15-9)16-13/h1-6H,7,13H2,(H,15,16). The topological polar surface area (TPSA) is 73.1 Å². The molecule has 0 aliphatic rings. The van der Waals surface area contributed by atoms with Gasteiger partial charge in [-0.1, -0.05) is 17.7 Å². The highest BCUT2D eigenvalue weighted by atomic mass is 35.5. The van der Waals surface area contributed by atoms with Crippen LogP contribution < -0.4 is 16.0 Å². The van der Waals surface area contributed by atoms with Crippen LogP contribution in [0.2, 0.25) is 5.02 Å². The van der Waals surface area contributed by atoms with E-state index in [1.807, 2.05) is 12.1 Å². The summed E-state index contributed by atoms with van der Waals surface area (Å²) in [6.45, 7) is 0.331. The number of halogens is 1. The molecule has 0 aliphatic carbocycles. The van der Waals surface area contributed by atoms with E-state index < -0.39 is 0 Å². The minimum atomic E-state index is 0.331. The van der Waals surface area contributed by atoms with Crippen molar-refractivity contribution in [2.24, 2.45) is 5.84 Å². The first kappa shape index (κ1) is 11.6. The highest BCUT2D eigenvalue weighted by molar-refractivity contribution is 6.30. The van der Waals surface area contributed by atoms with Crippen LogP contribution in [0.3, 0.4) is 0 Å². The Morgan fingerprint density at radius 2 is 2.24 bits per heavy atom. The number of hydrazine groups is 1. The molecule has 2 rings (SSSR count). The number of nitrogens with zero attached hydrogens (tertiary/aromatic N) is 2. The van der Waals surface area contributed by atoms with E-state index >= 15 is 0 Å². The summed E-state index contributed by atoms with van der Waals surface area (Å²) in [7, 11) is 0. The molecule has 17 heavy (non-hydrogen) atoms. The maximum atomic E-state index is 5.79. The van der Waals surface area contributed by atoms with Gasteiger partial charge in [0.25, 0.3) is 0 Å². The van der Waals surface area contributed by atoms with Gasteiger partial charge in [0.05, 0.1) is 16.9 Å². The van der Waals surface area contributed by atoms with Crippen LogP contribution >= 0.6 is 11.6 Å². The zero-order valence-corrected chi connectivity index (χ0v) is 9.69. The van der Waals surface area contributed by atoms with Gasteiger partial charge in [-0.05, 0) is 12.1 Å². The Hall–Kier alpha value is -1.85. The molecule has 5 nitrogen and oxygen atoms in total. The molecule has 0 fully saturated rings. The summed E-state index contributed by atoms with van der Waals surface area (Å²) >= 11 is 5.79. The lowest BCUT2D eigenvalue weighted by Crippen LogP contribution is -2.09. The third-order valence-corrected chi connectivity index (χ3v) is 2.23. The van der Waals surface area contributed by atoms with E-state index in [0.717, 1.165) is 5.69 Å². The molecule has 6 heteroatoms. The summed E-state index contributed by atoms with van der Waals surface area (Å²) in [5, 5.41) is 0.535. The molecule has 0 saturated heterocycles. The van der Waals surface area contributed by atoms with Gasteiger partial charge in [-0.2, -0.15) is 0 Å². The van der Waals surface area contributed by atoms with Crippen LogP contribution in [-0.2, 0) is 6.61 Å². The van der Waals surface area contributed by atoms with Crippen LogP contribution in [0, 0.1) is 0 Å². The molecule has 0 spiro atoms. The molecule has 3 N–H and O–H groups in total. The summed E-state index contributed by atoms with van der Waals surface area (Å²) < 4.78 is 5.49. The lowest BCUT2D eigenvalue weighted by molar-refractivity contribution is 0.300. The average molecular weight is 251 g/mol. The zero-order chi connectivity index (χ0) is 12.1. The Morgan fingerprint density at radius 3 is 3.00 bits per heavy atom. The van der Waals surface area contributed by atoms with Crippen LogP contribution in [0.4, 0.5) is 5.82 Å². The van der Waals surface area contributed by atoms with Crippen molar-refractivity contribution in [3.8, 4) is 5.75 Å². The number of nitrogen functional groups attached to an aromatic ring is 1. The fourth-order valence-corrected chi connectivity index (χ4v) is 1.43. The number of hydrogen-bond acceptors (Lipinski definition) is 5. The van der Waals surface area contributed by atoms with E-state index in [2.05, 4.69) is 15.4 Å². The summed E-state index contributed by atoms with van der Waals surface area (Å²) in [6.07, 6.45) is 3.14. The van der Waals surface area contributed by atoms with Crippen LogP contribution in [0.25, 0.3) is 0 Å². The van der Waals surface area contributed by atoms with Crippen LogP contribution in [-0.4, -0.2) is 9.97 Å². The molecule has 0 bridgehead atoms. The molecule has 0 aliphatic heterocycles. The molecule has 0 atom stereocenters. The van der Waals surface area contributed by atoms with Crippen LogP contribution in [0.15, 0.2) is 36.7 Å². The molecule has 2 aromatic heterocycles. The number of aromatic nitrogens is 2. The van der Waals surface area contributed by atoms with Gasteiger partial charge in [0.2, 0.25) is 0 Å². The molecule has 0 saturated carbocycles. The molecule has 2 aromatic rings. The molecule has 0 amide bonds. The number of pyridine rings is 2. The zero-order valence-electron chi connectivity index (χ0n) is 8.93. The van der Waals surface area contributed by atoms with Gasteiger partial charge < -0.3 is 10.2 Å². The lowest BCUT2D eigenvalue weighted by atomic mass is 10.3. The Bertz CT molecular complexity index is 506. The van der Waals surface area contributed by atoms with Gasteiger partial charge in [-0.25, -0.2) is 10.8 Å². The summed E-state index contributed by atoms with van der Waals surface area (Å²) in [5.41, 5.74) is 3.24. The highest BCUT2D eigenvalue weighted by Gasteiger charge is 1.99. The Kier molecular flexibility index (Phi) is 3.74. The molecular weight excluding hydrogens is 240 g/mol. The number of ether oxygens (including phenoxy) is 1. The van der Waals surface area contributed by atoms with Crippen molar-refractivity contribution in [3.05, 3.63) is 47.4 Å². The van der Waals surface area contributed by atoms with Gasteiger partial charge >= 0.3 is 0 Å². The van der Waals surface area contributed by atoms with Crippen molar-refractivity contribution in [2.75, 3.05) is 5.43 Å². The molecule has 0 radical (unpaired) electrons. The van der Waals surface area contributed by atoms with Crippen molar-refractivity contribution in [2.45, 2.75) is 6.61 Å². The van der Waals surface area contributed by atoms with Crippen molar-refractivity contribution in [3.63, 3.8) is 0 Å². The fourth-order valence-electron chi connectivity index (χ4n) is 1.27. The molecule has 0 unspecified atom stereocenters. The number of anilines is 1. The smallest absolute Gasteiger partial charge is 0.140 e. The normalized spacial score (nSPS) is 10.0. The van der Waals surface area contributed by atoms with Crippen molar-refractivity contribution >= 4 is 17.4 Å². The third kappa shape index (κ3) is 3.30. The number of rotatable bonds is 4. The predicted molar refractivity (Wildman–Crippen MR) is 65.6 cm³/mol. The fraction of sp³-hybridized carbons (Fsp3) is 0.0909. The molecular formula is C11H11ClN4O. The van der Waals surface area contributed by atoms with Crippen molar-refractivity contribution < 1.29 is 4.74 Å². The quantitative estimate of drug-likeness (QED) is 0.641. The van der Waals surface area contributed by atoms with E-state index in [-0.39, 0.29) is 0 Å². The second-order valence-electron chi connectivity index (χ2n) is 3.29. The first-order valence-corrected chi connectivity index (χ1v) is 5.31. The third-order valence-electron chi connectivity index (χ3n) is 2.02. The van der Waals surface area contributed by atoms with E-state index in [4.69, 9.17) is 22.2 Å². The largest absolute Gasteiger partial charge is 0.486 e. The van der Waals surface area contributed by atoms with E-state index in [1.165, 1.54) is 0 Å². The number of nitrogens with one attached hydrogen (secondary N) is 1. The number of nitrogens with two attached hydrogens (primary N) is 1. The van der Waals surface area contributed by atoms with Crippen molar-refractivity contribution in [1.82, 2.24) is 9.97 Å². The molecule has 88 valence electrons. The second kappa shape index (κ2) is 5.47. The average Bonchev–Trinajstić information content (AvgIpc) is 2.37. The van der Waals surface area contributed by atoms with Gasteiger partial charge in [-0.3, -0.25) is 4.98 Å². The monoisotopic (exact) mass is 250 g/mol. The van der Waals surface area contributed by atoms with Gasteiger partial charge in [-0.15, -0.1) is 0 Å². The van der Waals surface area contributed by atoms with Gasteiger partial charge in [0.15, 0.2) is 0 Å². The molecule has 0 aromatic carbocycles. The first-order valence-electron chi connectivity index (χ1n) is 4.94. The van der Waals surface area contributed by atoms with E-state index in [9.17, 15) is 0 Å². The van der Waals surface area contributed by atoms with E-state index in [1.54, 1.807) is 24.5 Å². The SMILES string of the molecule is NNc1cccc(COc2cncc(Cl)c2)n1. The summed E-state index contributed by atoms with van der Waals surface area (Å²) in [5.74, 6) is 6.46. The van der Waals surface area contributed by atoms with Crippen LogP contribution in [0.5, 0.6) is 5.75 Å². The maximum Gasteiger partial charge on any atom is 0.140 e. The minimum absolute atomic E-state index is 0.331. The Labute approximate surface area is 104 Å². The van der Waals surface area contributed by atoms with Crippen molar-refractivity contribution in [1.29, 1.82) is 0 Å². The van der Waals surface area contributed by atoms with E-state index in [0.29, 0.717) is 23.2 Å².